The van der Waals surface area contributed by atoms with E-state index in [1.807, 2.05) is 50.2 Å². The zero-order chi connectivity index (χ0) is 20.1. The Morgan fingerprint density at radius 1 is 1.17 bits per heavy atom. The van der Waals surface area contributed by atoms with Crippen molar-refractivity contribution in [2.75, 3.05) is 32.7 Å². The minimum absolute atomic E-state index is 0. The summed E-state index contributed by atoms with van der Waals surface area (Å²) < 4.78 is 7.56. The number of fused-ring (bicyclic) bond motifs is 1. The number of piperazine rings is 1. The molecular weight excluding hydrogens is 483 g/mol. The van der Waals surface area contributed by atoms with Gasteiger partial charge in [0.1, 0.15) is 5.60 Å². The number of hydrogen-bond donors (Lipinski definition) is 1. The quantitative estimate of drug-likeness (QED) is 0.294. The first-order chi connectivity index (χ1) is 13.3. The van der Waals surface area contributed by atoms with Gasteiger partial charge in [0.2, 0.25) is 0 Å². The number of aryl methyl sites for hydroxylation is 1. The number of halogens is 1. The molecule has 2 aromatic rings. The topological polar surface area (TPSA) is 89.0 Å². The van der Waals surface area contributed by atoms with Gasteiger partial charge in [0.15, 0.2) is 5.96 Å². The number of carbonyl (C=O) groups is 1. The summed E-state index contributed by atoms with van der Waals surface area (Å²) in [4.78, 5) is 24.8. The van der Waals surface area contributed by atoms with E-state index in [0.717, 1.165) is 24.0 Å². The van der Waals surface area contributed by atoms with Gasteiger partial charge in [0, 0.05) is 39.3 Å². The number of carbonyl (C=O) groups excluding carboxylic acids is 1. The number of benzene rings is 1. The van der Waals surface area contributed by atoms with Crippen LogP contribution in [0.1, 0.15) is 27.2 Å². The fraction of sp³-hybridized carbons (Fsp3) is 0.550. The number of amides is 1. The van der Waals surface area contributed by atoms with E-state index in [1.165, 1.54) is 0 Å². The average molecular weight is 514 g/mol. The summed E-state index contributed by atoms with van der Waals surface area (Å²) in [5.41, 5.74) is 7.81. The summed E-state index contributed by atoms with van der Waals surface area (Å²) in [6, 6.07) is 8.10. The number of ether oxygens (including phenoxy) is 1. The number of nitrogens with two attached hydrogens (primary N) is 1. The average Bonchev–Trinajstić information content (AvgIpc) is 3.07. The molecule has 8 nitrogen and oxygen atoms in total. The molecule has 0 bridgehead atoms. The molecule has 2 heterocycles. The Morgan fingerprint density at radius 3 is 2.52 bits per heavy atom. The van der Waals surface area contributed by atoms with Crippen LogP contribution in [-0.2, 0) is 11.3 Å². The van der Waals surface area contributed by atoms with Gasteiger partial charge in [-0.05, 0) is 39.3 Å². The van der Waals surface area contributed by atoms with E-state index < -0.39 is 5.60 Å². The second kappa shape index (κ2) is 10.1. The number of rotatable bonds is 4. The predicted octanol–water partition coefficient (Wildman–Crippen LogP) is 2.91. The van der Waals surface area contributed by atoms with Crippen molar-refractivity contribution in [2.24, 2.45) is 10.7 Å². The van der Waals surface area contributed by atoms with E-state index in [1.54, 1.807) is 4.90 Å². The first-order valence-electron chi connectivity index (χ1n) is 9.76. The van der Waals surface area contributed by atoms with Crippen molar-refractivity contribution in [1.29, 1.82) is 0 Å². The highest BCUT2D eigenvalue weighted by molar-refractivity contribution is 14.0. The van der Waals surface area contributed by atoms with E-state index in [2.05, 4.69) is 20.6 Å². The first kappa shape index (κ1) is 23.2. The van der Waals surface area contributed by atoms with Gasteiger partial charge in [0.05, 0.1) is 17.4 Å². The van der Waals surface area contributed by atoms with Crippen molar-refractivity contribution in [2.45, 2.75) is 39.3 Å². The van der Waals surface area contributed by atoms with Crippen LogP contribution in [0.25, 0.3) is 11.0 Å². The molecule has 1 aromatic heterocycles. The molecule has 0 aliphatic carbocycles. The van der Waals surface area contributed by atoms with Crippen molar-refractivity contribution in [3.05, 3.63) is 30.6 Å². The molecule has 160 valence electrons. The molecule has 9 heteroatoms. The summed E-state index contributed by atoms with van der Waals surface area (Å²) in [6.07, 6.45) is 2.49. The van der Waals surface area contributed by atoms with Gasteiger partial charge in [-0.1, -0.05) is 12.1 Å². The molecule has 0 spiro atoms. The van der Waals surface area contributed by atoms with Crippen molar-refractivity contribution in [1.82, 2.24) is 19.4 Å². The fourth-order valence-corrected chi connectivity index (χ4v) is 3.17. The molecule has 0 unspecified atom stereocenters. The van der Waals surface area contributed by atoms with Gasteiger partial charge in [-0.2, -0.15) is 0 Å². The van der Waals surface area contributed by atoms with E-state index in [0.29, 0.717) is 38.7 Å². The van der Waals surface area contributed by atoms with Crippen LogP contribution in [0.15, 0.2) is 35.6 Å². The van der Waals surface area contributed by atoms with E-state index >= 15 is 0 Å². The second-order valence-corrected chi connectivity index (χ2v) is 7.97. The molecule has 0 saturated carbocycles. The number of aromatic nitrogens is 2. The number of nitrogens with zero attached hydrogens (tertiary/aromatic N) is 5. The van der Waals surface area contributed by atoms with Gasteiger partial charge in [-0.25, -0.2) is 9.78 Å². The lowest BCUT2D eigenvalue weighted by Gasteiger charge is -2.36. The van der Waals surface area contributed by atoms with Gasteiger partial charge < -0.3 is 24.8 Å². The molecule has 0 radical (unpaired) electrons. The molecule has 1 saturated heterocycles. The smallest absolute Gasteiger partial charge is 0.410 e. The lowest BCUT2D eigenvalue weighted by atomic mass is 10.2. The number of hydrogen-bond acceptors (Lipinski definition) is 4. The molecule has 0 atom stereocenters. The Balaban J connectivity index is 0.00000300. The molecule has 2 N–H and O–H groups in total. The highest BCUT2D eigenvalue weighted by Crippen LogP contribution is 2.13. The van der Waals surface area contributed by atoms with Crippen LogP contribution in [0, 0.1) is 0 Å². The lowest BCUT2D eigenvalue weighted by molar-refractivity contribution is 0.0186. The number of aliphatic imine (C=N–C) groups is 1. The van der Waals surface area contributed by atoms with Crippen LogP contribution < -0.4 is 5.73 Å². The lowest BCUT2D eigenvalue weighted by Crippen LogP contribution is -2.53. The third-order valence-electron chi connectivity index (χ3n) is 4.61. The zero-order valence-corrected chi connectivity index (χ0v) is 19.7. The van der Waals surface area contributed by atoms with Crippen LogP contribution in [0.4, 0.5) is 4.79 Å². The molecule has 1 fully saturated rings. The van der Waals surface area contributed by atoms with Gasteiger partial charge in [0.25, 0.3) is 0 Å². The van der Waals surface area contributed by atoms with Crippen LogP contribution in [0.2, 0.25) is 0 Å². The van der Waals surface area contributed by atoms with Gasteiger partial charge in [-0.3, -0.25) is 4.99 Å². The Hall–Kier alpha value is -2.04. The molecule has 29 heavy (non-hydrogen) atoms. The number of guanidine groups is 1. The van der Waals surface area contributed by atoms with E-state index in [-0.39, 0.29) is 30.1 Å². The summed E-state index contributed by atoms with van der Waals surface area (Å²) in [7, 11) is 0. The minimum atomic E-state index is -0.477. The minimum Gasteiger partial charge on any atom is -0.444 e. The standard InChI is InChI=1S/C20H30N6O2.HI/c1-20(2,3)28-19(27)25-13-11-24(12-14-25)18(21)22-9-6-10-26-15-23-16-7-4-5-8-17(16)26;/h4-5,7-8,15H,6,9-14H2,1-3H3,(H2,21,22);1H. The van der Waals surface area contributed by atoms with Crippen LogP contribution in [-0.4, -0.2) is 69.7 Å². The number of imidazole rings is 1. The van der Waals surface area contributed by atoms with Crippen LogP contribution >= 0.6 is 24.0 Å². The predicted molar refractivity (Wildman–Crippen MR) is 126 cm³/mol. The molecule has 1 amide bonds. The highest BCUT2D eigenvalue weighted by Gasteiger charge is 2.26. The van der Waals surface area contributed by atoms with Gasteiger partial charge in [-0.15, -0.1) is 24.0 Å². The van der Waals surface area contributed by atoms with Gasteiger partial charge >= 0.3 is 6.09 Å². The van der Waals surface area contributed by atoms with Crippen molar-refractivity contribution < 1.29 is 9.53 Å². The Morgan fingerprint density at radius 2 is 1.83 bits per heavy atom. The molecular formula is C20H31IN6O2. The third kappa shape index (κ3) is 6.48. The summed E-state index contributed by atoms with van der Waals surface area (Å²) in [5, 5.41) is 0. The summed E-state index contributed by atoms with van der Waals surface area (Å²) >= 11 is 0. The maximum atomic E-state index is 12.1. The zero-order valence-electron chi connectivity index (χ0n) is 17.4. The molecule has 3 rings (SSSR count). The summed E-state index contributed by atoms with van der Waals surface area (Å²) in [6.45, 7) is 9.64. The van der Waals surface area contributed by atoms with Crippen molar-refractivity contribution >= 4 is 47.1 Å². The molecule has 1 aliphatic heterocycles. The Bertz CT molecular complexity index is 837. The highest BCUT2D eigenvalue weighted by atomic mass is 127. The monoisotopic (exact) mass is 514 g/mol. The molecule has 1 aromatic carbocycles. The third-order valence-corrected chi connectivity index (χ3v) is 4.61. The second-order valence-electron chi connectivity index (χ2n) is 7.97. The van der Waals surface area contributed by atoms with Crippen LogP contribution in [0.3, 0.4) is 0 Å². The largest absolute Gasteiger partial charge is 0.444 e. The maximum absolute atomic E-state index is 12.1. The van der Waals surface area contributed by atoms with E-state index in [4.69, 9.17) is 10.5 Å². The fourth-order valence-electron chi connectivity index (χ4n) is 3.17. The Kier molecular flexibility index (Phi) is 8.12. The molecule has 1 aliphatic rings. The first-order valence-corrected chi connectivity index (χ1v) is 9.76. The maximum Gasteiger partial charge on any atom is 0.410 e. The SMILES string of the molecule is CC(C)(C)OC(=O)N1CCN(C(N)=NCCCn2cnc3ccccc32)CC1.I. The van der Waals surface area contributed by atoms with Crippen molar-refractivity contribution in [3.63, 3.8) is 0 Å². The normalized spacial score (nSPS) is 15.3. The summed E-state index contributed by atoms with van der Waals surface area (Å²) in [5.74, 6) is 0.541. The number of para-hydroxylation sites is 2. The van der Waals surface area contributed by atoms with E-state index in [9.17, 15) is 4.79 Å². The van der Waals surface area contributed by atoms with Crippen LogP contribution in [0.5, 0.6) is 0 Å². The Labute approximate surface area is 189 Å². The van der Waals surface area contributed by atoms with Crippen molar-refractivity contribution in [3.8, 4) is 0 Å².